The lowest BCUT2D eigenvalue weighted by atomic mass is 10.1. The number of nitrogens with one attached hydrogen (secondary N) is 1. The van der Waals surface area contributed by atoms with Gasteiger partial charge in [0.2, 0.25) is 0 Å². The lowest BCUT2D eigenvalue weighted by molar-refractivity contribution is -0.139. The van der Waals surface area contributed by atoms with Gasteiger partial charge in [-0.15, -0.1) is 11.3 Å². The van der Waals surface area contributed by atoms with E-state index >= 15 is 0 Å². The number of carboxylic acids is 1. The molecule has 1 heterocycles. The predicted octanol–water partition coefficient (Wildman–Crippen LogP) is 3.55. The zero-order valence-corrected chi connectivity index (χ0v) is 16.3. The van der Waals surface area contributed by atoms with Gasteiger partial charge < -0.3 is 15.2 Å². The standard InChI is InChI=1S/C21H20N2O4S/c1-13-18(28-20(22-13)15-8-10-16(27-2)11-9-15)19(24)23-17(21(25)26)12-14-6-4-3-5-7-14/h3-11,17H,12H2,1-2H3,(H,23,24)(H,25,26)/t17-/m0/s1. The van der Waals surface area contributed by atoms with Crippen molar-refractivity contribution in [2.75, 3.05) is 7.11 Å². The summed E-state index contributed by atoms with van der Waals surface area (Å²) in [6.07, 6.45) is 0.213. The van der Waals surface area contributed by atoms with Crippen molar-refractivity contribution in [3.05, 3.63) is 70.7 Å². The van der Waals surface area contributed by atoms with Crippen molar-refractivity contribution in [1.82, 2.24) is 10.3 Å². The van der Waals surface area contributed by atoms with Crippen molar-refractivity contribution < 1.29 is 19.4 Å². The predicted molar refractivity (Wildman–Crippen MR) is 108 cm³/mol. The molecule has 3 rings (SSSR count). The highest BCUT2D eigenvalue weighted by atomic mass is 32.1. The van der Waals surface area contributed by atoms with Crippen LogP contribution in [-0.4, -0.2) is 35.1 Å². The number of hydrogen-bond donors (Lipinski definition) is 2. The Balaban J connectivity index is 1.77. The summed E-state index contributed by atoms with van der Waals surface area (Å²) in [6.45, 7) is 1.74. The van der Waals surface area contributed by atoms with Gasteiger partial charge in [0.15, 0.2) is 0 Å². The molecular formula is C21H20N2O4S. The Kier molecular flexibility index (Phi) is 6.06. The van der Waals surface area contributed by atoms with Gasteiger partial charge in [0, 0.05) is 12.0 Å². The highest BCUT2D eigenvalue weighted by molar-refractivity contribution is 7.17. The van der Waals surface area contributed by atoms with Gasteiger partial charge in [-0.2, -0.15) is 0 Å². The molecule has 0 aliphatic heterocycles. The van der Waals surface area contributed by atoms with E-state index in [1.807, 2.05) is 54.6 Å². The minimum Gasteiger partial charge on any atom is -0.497 e. The molecule has 1 atom stereocenters. The number of hydrogen-bond acceptors (Lipinski definition) is 5. The molecule has 0 bridgehead atoms. The highest BCUT2D eigenvalue weighted by Gasteiger charge is 2.24. The Hall–Kier alpha value is -3.19. The van der Waals surface area contributed by atoms with Gasteiger partial charge in [0.05, 0.1) is 12.8 Å². The number of thiazole rings is 1. The van der Waals surface area contributed by atoms with Crippen LogP contribution in [0.5, 0.6) is 5.75 Å². The van der Waals surface area contributed by atoms with Gasteiger partial charge in [-0.25, -0.2) is 9.78 Å². The SMILES string of the molecule is COc1ccc(-c2nc(C)c(C(=O)N[C@@H](Cc3ccccc3)C(=O)O)s2)cc1. The molecule has 1 amide bonds. The zero-order valence-electron chi connectivity index (χ0n) is 15.5. The summed E-state index contributed by atoms with van der Waals surface area (Å²) in [5, 5.41) is 12.8. The van der Waals surface area contributed by atoms with Gasteiger partial charge >= 0.3 is 5.97 Å². The van der Waals surface area contributed by atoms with Crippen molar-refractivity contribution in [3.8, 4) is 16.3 Å². The number of carbonyl (C=O) groups is 2. The molecule has 3 aromatic rings. The molecule has 0 spiro atoms. The van der Waals surface area contributed by atoms with Crippen molar-refractivity contribution >= 4 is 23.2 Å². The minimum absolute atomic E-state index is 0.213. The highest BCUT2D eigenvalue weighted by Crippen LogP contribution is 2.29. The van der Waals surface area contributed by atoms with E-state index in [0.29, 0.717) is 15.6 Å². The van der Waals surface area contributed by atoms with Crippen LogP contribution in [0.4, 0.5) is 0 Å². The van der Waals surface area contributed by atoms with Crippen molar-refractivity contribution in [2.45, 2.75) is 19.4 Å². The molecule has 7 heteroatoms. The number of aromatic nitrogens is 1. The van der Waals surface area contributed by atoms with Crippen LogP contribution >= 0.6 is 11.3 Å². The zero-order chi connectivity index (χ0) is 20.1. The monoisotopic (exact) mass is 396 g/mol. The first-order valence-electron chi connectivity index (χ1n) is 8.67. The van der Waals surface area contributed by atoms with Crippen LogP contribution in [0.3, 0.4) is 0 Å². The largest absolute Gasteiger partial charge is 0.497 e. The molecule has 0 aliphatic rings. The first kappa shape index (κ1) is 19.6. The van der Waals surface area contributed by atoms with Crippen molar-refractivity contribution in [1.29, 1.82) is 0 Å². The molecular weight excluding hydrogens is 376 g/mol. The molecule has 0 aliphatic carbocycles. The van der Waals surface area contributed by atoms with E-state index in [1.54, 1.807) is 14.0 Å². The number of methoxy groups -OCH3 is 1. The molecule has 0 unspecified atom stereocenters. The third kappa shape index (κ3) is 4.55. The van der Waals surface area contributed by atoms with Crippen molar-refractivity contribution in [2.24, 2.45) is 0 Å². The number of carbonyl (C=O) groups excluding carboxylic acids is 1. The number of benzene rings is 2. The number of carboxylic acid groups (broad SMARTS) is 1. The molecule has 0 fully saturated rings. The summed E-state index contributed by atoms with van der Waals surface area (Å²) >= 11 is 1.24. The number of amides is 1. The fraction of sp³-hybridized carbons (Fsp3) is 0.190. The summed E-state index contributed by atoms with van der Waals surface area (Å²) in [6, 6.07) is 15.6. The van der Waals surface area contributed by atoms with E-state index in [9.17, 15) is 14.7 Å². The van der Waals surface area contributed by atoms with Crippen LogP contribution < -0.4 is 10.1 Å². The quantitative estimate of drug-likeness (QED) is 0.638. The van der Waals surface area contributed by atoms with Crippen LogP contribution in [0.2, 0.25) is 0 Å². The second-order valence-electron chi connectivity index (χ2n) is 6.22. The van der Waals surface area contributed by atoms with Gasteiger partial charge in [0.25, 0.3) is 5.91 Å². The maximum Gasteiger partial charge on any atom is 0.326 e. The second kappa shape index (κ2) is 8.67. The number of ether oxygens (including phenoxy) is 1. The maximum absolute atomic E-state index is 12.7. The van der Waals surface area contributed by atoms with Crippen LogP contribution in [-0.2, 0) is 11.2 Å². The fourth-order valence-corrected chi connectivity index (χ4v) is 3.71. The van der Waals surface area contributed by atoms with Gasteiger partial charge in [-0.1, -0.05) is 30.3 Å². The Morgan fingerprint density at radius 2 is 1.82 bits per heavy atom. The third-order valence-corrected chi connectivity index (χ3v) is 5.43. The minimum atomic E-state index is -1.07. The van der Waals surface area contributed by atoms with E-state index in [0.717, 1.165) is 16.9 Å². The smallest absolute Gasteiger partial charge is 0.326 e. The molecule has 28 heavy (non-hydrogen) atoms. The van der Waals surface area contributed by atoms with E-state index in [-0.39, 0.29) is 6.42 Å². The number of rotatable bonds is 7. The maximum atomic E-state index is 12.7. The van der Waals surface area contributed by atoms with Crippen LogP contribution in [0.1, 0.15) is 20.9 Å². The average Bonchev–Trinajstić information content (AvgIpc) is 3.10. The topological polar surface area (TPSA) is 88.5 Å². The summed E-state index contributed by atoms with van der Waals surface area (Å²) in [7, 11) is 1.60. The number of aryl methyl sites for hydroxylation is 1. The second-order valence-corrected chi connectivity index (χ2v) is 7.22. The summed E-state index contributed by atoms with van der Waals surface area (Å²) < 4.78 is 5.15. The first-order valence-corrected chi connectivity index (χ1v) is 9.49. The average molecular weight is 396 g/mol. The Morgan fingerprint density at radius 3 is 2.43 bits per heavy atom. The molecule has 2 N–H and O–H groups in total. The van der Waals surface area contributed by atoms with E-state index in [1.165, 1.54) is 11.3 Å². The molecule has 6 nitrogen and oxygen atoms in total. The Labute approximate surface area is 166 Å². The first-order chi connectivity index (χ1) is 13.5. The van der Waals surface area contributed by atoms with Crippen molar-refractivity contribution in [3.63, 3.8) is 0 Å². The molecule has 0 saturated carbocycles. The summed E-state index contributed by atoms with van der Waals surface area (Å²) in [5.74, 6) is -0.770. The fourth-order valence-electron chi connectivity index (χ4n) is 2.74. The normalized spacial score (nSPS) is 11.6. The number of nitrogens with zero attached hydrogens (tertiary/aromatic N) is 1. The molecule has 2 aromatic carbocycles. The van der Waals surface area contributed by atoms with Gasteiger partial charge in [-0.05, 0) is 36.8 Å². The molecule has 0 radical (unpaired) electrons. The van der Waals surface area contributed by atoms with Crippen LogP contribution in [0, 0.1) is 6.92 Å². The van der Waals surface area contributed by atoms with E-state index in [4.69, 9.17) is 4.74 Å². The molecule has 144 valence electrons. The molecule has 1 aromatic heterocycles. The molecule has 0 saturated heterocycles. The van der Waals surface area contributed by atoms with Gasteiger partial charge in [0.1, 0.15) is 21.7 Å². The van der Waals surface area contributed by atoms with Crippen LogP contribution in [0.25, 0.3) is 10.6 Å². The third-order valence-electron chi connectivity index (χ3n) is 4.23. The van der Waals surface area contributed by atoms with E-state index in [2.05, 4.69) is 10.3 Å². The number of aliphatic carboxylic acids is 1. The van der Waals surface area contributed by atoms with E-state index < -0.39 is 17.9 Å². The summed E-state index contributed by atoms with van der Waals surface area (Å²) in [4.78, 5) is 29.2. The lowest BCUT2D eigenvalue weighted by Crippen LogP contribution is -2.42. The Morgan fingerprint density at radius 1 is 1.14 bits per heavy atom. The summed E-state index contributed by atoms with van der Waals surface area (Å²) in [5.41, 5.74) is 2.28. The van der Waals surface area contributed by atoms with Crippen LogP contribution in [0.15, 0.2) is 54.6 Å². The lowest BCUT2D eigenvalue weighted by Gasteiger charge is -2.14. The Bertz CT molecular complexity index is 968. The van der Waals surface area contributed by atoms with Gasteiger partial charge in [-0.3, -0.25) is 4.79 Å².